The van der Waals surface area contributed by atoms with E-state index in [-0.39, 0.29) is 0 Å². The zero-order valence-electron chi connectivity index (χ0n) is 9.43. The summed E-state index contributed by atoms with van der Waals surface area (Å²) in [4.78, 5) is 12.7. The van der Waals surface area contributed by atoms with E-state index in [9.17, 15) is 4.91 Å². The molecule has 0 N–H and O–H groups in total. The molecule has 86 valence electrons. The van der Waals surface area contributed by atoms with Gasteiger partial charge < -0.3 is 9.64 Å². The third-order valence-electron chi connectivity index (χ3n) is 3.02. The van der Waals surface area contributed by atoms with Crippen molar-refractivity contribution in [1.82, 2.24) is 0 Å². The zero-order valence-corrected chi connectivity index (χ0v) is 9.43. The highest BCUT2D eigenvalue weighted by Gasteiger charge is 2.24. The first-order chi connectivity index (χ1) is 7.85. The second-order valence-corrected chi connectivity index (χ2v) is 4.05. The van der Waals surface area contributed by atoms with Crippen molar-refractivity contribution in [3.05, 3.63) is 29.2 Å². The van der Waals surface area contributed by atoms with Crippen LogP contribution in [0.25, 0.3) is 0 Å². The fourth-order valence-electron chi connectivity index (χ4n) is 2.25. The zero-order chi connectivity index (χ0) is 11.4. The summed E-state index contributed by atoms with van der Waals surface area (Å²) in [6, 6.07) is 7.87. The van der Waals surface area contributed by atoms with Gasteiger partial charge in [0.2, 0.25) is 0 Å². The molecule has 1 aromatic rings. The van der Waals surface area contributed by atoms with Gasteiger partial charge in [0.05, 0.1) is 12.6 Å². The fourth-order valence-corrected chi connectivity index (χ4v) is 2.25. The van der Waals surface area contributed by atoms with Gasteiger partial charge >= 0.3 is 0 Å². The van der Waals surface area contributed by atoms with Crippen LogP contribution in [0.5, 0.6) is 0 Å². The molecule has 4 heteroatoms. The second-order valence-electron chi connectivity index (χ2n) is 4.05. The molecule has 0 aromatic heterocycles. The van der Waals surface area contributed by atoms with Crippen molar-refractivity contribution < 1.29 is 4.74 Å². The van der Waals surface area contributed by atoms with Crippen molar-refractivity contribution in [3.63, 3.8) is 0 Å². The van der Waals surface area contributed by atoms with E-state index < -0.39 is 0 Å². The molecule has 1 fully saturated rings. The Hall–Kier alpha value is -1.42. The van der Waals surface area contributed by atoms with Gasteiger partial charge in [0.15, 0.2) is 0 Å². The van der Waals surface area contributed by atoms with Crippen molar-refractivity contribution in [2.24, 2.45) is 5.18 Å². The largest absolute Gasteiger partial charge is 0.383 e. The van der Waals surface area contributed by atoms with E-state index in [1.54, 1.807) is 19.2 Å². The van der Waals surface area contributed by atoms with E-state index in [0.717, 1.165) is 18.8 Å². The van der Waals surface area contributed by atoms with Gasteiger partial charge in [-0.15, -0.1) is 4.91 Å². The number of ether oxygens (including phenoxy) is 1. The lowest BCUT2D eigenvalue weighted by Crippen LogP contribution is -2.32. The summed E-state index contributed by atoms with van der Waals surface area (Å²) >= 11 is 0. The van der Waals surface area contributed by atoms with E-state index >= 15 is 0 Å². The quantitative estimate of drug-likeness (QED) is 0.732. The minimum atomic E-state index is 0.458. The third kappa shape index (κ3) is 2.22. The van der Waals surface area contributed by atoms with Crippen molar-refractivity contribution >= 4 is 11.4 Å². The Morgan fingerprint density at radius 3 is 2.81 bits per heavy atom. The maximum Gasteiger partial charge on any atom is 0.108 e. The van der Waals surface area contributed by atoms with E-state index in [2.05, 4.69) is 10.1 Å². The Morgan fingerprint density at radius 1 is 1.44 bits per heavy atom. The number of rotatable bonds is 4. The lowest BCUT2D eigenvalue weighted by atomic mass is 10.2. The molecule has 16 heavy (non-hydrogen) atoms. The van der Waals surface area contributed by atoms with Gasteiger partial charge in [0, 0.05) is 19.3 Å². The SMILES string of the molecule is COC[C@@H]1CCCN1c1ccc(N=O)cc1. The maximum absolute atomic E-state index is 10.3. The predicted molar refractivity (Wildman–Crippen MR) is 64.1 cm³/mol. The average Bonchev–Trinajstić information content (AvgIpc) is 2.78. The van der Waals surface area contributed by atoms with E-state index in [4.69, 9.17) is 4.74 Å². The minimum Gasteiger partial charge on any atom is -0.383 e. The van der Waals surface area contributed by atoms with Crippen LogP contribution in [0, 0.1) is 4.91 Å². The van der Waals surface area contributed by atoms with Gasteiger partial charge in [-0.2, -0.15) is 0 Å². The highest BCUT2D eigenvalue weighted by atomic mass is 16.5. The van der Waals surface area contributed by atoms with Crippen LogP contribution in [0.1, 0.15) is 12.8 Å². The summed E-state index contributed by atoms with van der Waals surface area (Å²) in [7, 11) is 1.73. The lowest BCUT2D eigenvalue weighted by molar-refractivity contribution is 0.181. The van der Waals surface area contributed by atoms with Crippen molar-refractivity contribution in [1.29, 1.82) is 0 Å². The van der Waals surface area contributed by atoms with Crippen LogP contribution >= 0.6 is 0 Å². The normalized spacial score (nSPS) is 20.1. The van der Waals surface area contributed by atoms with Crippen LogP contribution in [0.3, 0.4) is 0 Å². The number of nitroso groups, excluding NO2 is 1. The van der Waals surface area contributed by atoms with Crippen LogP contribution in [-0.2, 0) is 4.74 Å². The highest BCUT2D eigenvalue weighted by Crippen LogP contribution is 2.27. The fraction of sp³-hybridized carbons (Fsp3) is 0.500. The molecule has 0 saturated carbocycles. The molecule has 1 saturated heterocycles. The van der Waals surface area contributed by atoms with Gasteiger partial charge in [0.1, 0.15) is 5.69 Å². The van der Waals surface area contributed by atoms with Crippen LogP contribution in [0.15, 0.2) is 29.4 Å². The monoisotopic (exact) mass is 220 g/mol. The summed E-state index contributed by atoms with van der Waals surface area (Å²) in [6.45, 7) is 1.82. The molecule has 1 atom stereocenters. The van der Waals surface area contributed by atoms with E-state index in [0.29, 0.717) is 11.7 Å². The Balaban J connectivity index is 2.12. The summed E-state index contributed by atoms with van der Waals surface area (Å²) < 4.78 is 5.21. The molecular weight excluding hydrogens is 204 g/mol. The van der Waals surface area contributed by atoms with Gasteiger partial charge in [-0.3, -0.25) is 0 Å². The molecule has 1 heterocycles. The second kappa shape index (κ2) is 5.07. The number of benzene rings is 1. The molecule has 0 radical (unpaired) electrons. The molecule has 1 aromatic carbocycles. The molecule has 0 amide bonds. The summed E-state index contributed by atoms with van der Waals surface area (Å²) in [5, 5.41) is 2.90. The molecule has 4 nitrogen and oxygen atoms in total. The number of hydrogen-bond donors (Lipinski definition) is 0. The Bertz CT molecular complexity index is 351. The number of nitrogens with zero attached hydrogens (tertiary/aromatic N) is 2. The molecule has 0 spiro atoms. The molecule has 0 aliphatic carbocycles. The average molecular weight is 220 g/mol. The van der Waals surface area contributed by atoms with Gasteiger partial charge in [-0.1, -0.05) is 0 Å². The maximum atomic E-state index is 10.3. The van der Waals surface area contributed by atoms with Crippen LogP contribution in [-0.4, -0.2) is 26.3 Å². The Labute approximate surface area is 95.2 Å². The first-order valence-electron chi connectivity index (χ1n) is 5.54. The van der Waals surface area contributed by atoms with Crippen LogP contribution in [0.2, 0.25) is 0 Å². The minimum absolute atomic E-state index is 0.458. The third-order valence-corrected chi connectivity index (χ3v) is 3.02. The number of methoxy groups -OCH3 is 1. The smallest absolute Gasteiger partial charge is 0.108 e. The van der Waals surface area contributed by atoms with Gasteiger partial charge in [-0.25, -0.2) is 0 Å². The summed E-state index contributed by atoms with van der Waals surface area (Å²) in [5.41, 5.74) is 1.62. The highest BCUT2D eigenvalue weighted by molar-refractivity contribution is 5.54. The Morgan fingerprint density at radius 2 is 2.19 bits per heavy atom. The van der Waals surface area contributed by atoms with Crippen molar-refractivity contribution in [2.45, 2.75) is 18.9 Å². The standard InChI is InChI=1S/C12H16N2O2/c1-16-9-12-3-2-8-14(12)11-6-4-10(13-15)5-7-11/h4-7,12H,2-3,8-9H2,1H3/t12-/m0/s1. The first-order valence-corrected chi connectivity index (χ1v) is 5.54. The van der Waals surface area contributed by atoms with Crippen LogP contribution < -0.4 is 4.90 Å². The molecule has 0 bridgehead atoms. The topological polar surface area (TPSA) is 41.9 Å². The predicted octanol–water partition coefficient (Wildman–Crippen LogP) is 2.70. The van der Waals surface area contributed by atoms with E-state index in [1.165, 1.54) is 12.8 Å². The number of hydrogen-bond acceptors (Lipinski definition) is 4. The molecular formula is C12H16N2O2. The molecule has 0 unspecified atom stereocenters. The van der Waals surface area contributed by atoms with E-state index in [1.807, 2.05) is 12.1 Å². The number of anilines is 1. The van der Waals surface area contributed by atoms with Gasteiger partial charge in [-0.05, 0) is 42.3 Å². The summed E-state index contributed by atoms with van der Waals surface area (Å²) in [6.07, 6.45) is 2.36. The van der Waals surface area contributed by atoms with Crippen molar-refractivity contribution in [2.75, 3.05) is 25.2 Å². The Kier molecular flexibility index (Phi) is 3.51. The summed E-state index contributed by atoms with van der Waals surface area (Å²) in [5.74, 6) is 0. The molecule has 1 aliphatic rings. The first kappa shape index (κ1) is 11.1. The van der Waals surface area contributed by atoms with Gasteiger partial charge in [0.25, 0.3) is 0 Å². The molecule has 2 rings (SSSR count). The lowest BCUT2D eigenvalue weighted by Gasteiger charge is -2.26. The molecule has 1 aliphatic heterocycles. The van der Waals surface area contributed by atoms with Crippen LogP contribution in [0.4, 0.5) is 11.4 Å². The van der Waals surface area contributed by atoms with Crippen molar-refractivity contribution in [3.8, 4) is 0 Å².